The van der Waals surface area contributed by atoms with E-state index in [9.17, 15) is 17.6 Å². The van der Waals surface area contributed by atoms with Crippen LogP contribution in [0.2, 0.25) is 0 Å². The fourth-order valence-corrected chi connectivity index (χ4v) is 4.83. The molecule has 1 amide bonds. The smallest absolute Gasteiger partial charge is 0.264 e. The van der Waals surface area contributed by atoms with Crippen molar-refractivity contribution in [2.24, 2.45) is 0 Å². The lowest BCUT2D eigenvalue weighted by molar-refractivity contribution is -0.120. The van der Waals surface area contributed by atoms with Crippen molar-refractivity contribution in [3.63, 3.8) is 0 Å². The van der Waals surface area contributed by atoms with Crippen molar-refractivity contribution >= 4 is 21.6 Å². The van der Waals surface area contributed by atoms with Gasteiger partial charge in [0.05, 0.1) is 10.6 Å². The summed E-state index contributed by atoms with van der Waals surface area (Å²) in [6, 6.07) is 11.6. The summed E-state index contributed by atoms with van der Waals surface area (Å²) in [5.41, 5.74) is 1.38. The van der Waals surface area contributed by atoms with Gasteiger partial charge >= 0.3 is 0 Å². The lowest BCUT2D eigenvalue weighted by Gasteiger charge is -2.27. The quantitative estimate of drug-likeness (QED) is 0.797. The van der Waals surface area contributed by atoms with Gasteiger partial charge in [0, 0.05) is 6.04 Å². The Hall–Kier alpha value is -2.41. The van der Waals surface area contributed by atoms with E-state index < -0.39 is 15.8 Å². The zero-order valence-electron chi connectivity index (χ0n) is 15.9. The molecule has 1 aliphatic rings. The molecule has 0 aromatic heterocycles. The molecule has 1 N–H and O–H groups in total. The van der Waals surface area contributed by atoms with E-state index in [0.29, 0.717) is 5.69 Å². The second kappa shape index (κ2) is 8.73. The van der Waals surface area contributed by atoms with E-state index in [1.807, 2.05) is 6.92 Å². The van der Waals surface area contributed by atoms with E-state index in [-0.39, 0.29) is 23.4 Å². The summed E-state index contributed by atoms with van der Waals surface area (Å²) in [5.74, 6) is -0.853. The van der Waals surface area contributed by atoms with Crippen LogP contribution in [0.15, 0.2) is 53.4 Å². The minimum Gasteiger partial charge on any atom is -0.352 e. The second-order valence-corrected chi connectivity index (χ2v) is 9.07. The Bertz CT molecular complexity index is 906. The summed E-state index contributed by atoms with van der Waals surface area (Å²) in [4.78, 5) is 12.6. The van der Waals surface area contributed by atoms with Crippen LogP contribution in [0, 0.1) is 12.7 Å². The third kappa shape index (κ3) is 4.90. The highest BCUT2D eigenvalue weighted by atomic mass is 32.2. The Kier molecular flexibility index (Phi) is 6.34. The highest BCUT2D eigenvalue weighted by molar-refractivity contribution is 7.92. The van der Waals surface area contributed by atoms with Gasteiger partial charge in [-0.25, -0.2) is 12.8 Å². The molecule has 2 aromatic carbocycles. The van der Waals surface area contributed by atoms with Crippen molar-refractivity contribution < 1.29 is 17.6 Å². The first-order valence-corrected chi connectivity index (χ1v) is 10.9. The molecule has 2 aromatic rings. The summed E-state index contributed by atoms with van der Waals surface area (Å²) in [7, 11) is -4.01. The average Bonchev–Trinajstić information content (AvgIpc) is 2.68. The largest absolute Gasteiger partial charge is 0.352 e. The Balaban J connectivity index is 1.87. The Labute approximate surface area is 165 Å². The summed E-state index contributed by atoms with van der Waals surface area (Å²) < 4.78 is 40.7. The van der Waals surface area contributed by atoms with Crippen LogP contribution in [0.25, 0.3) is 0 Å². The molecule has 0 spiro atoms. The van der Waals surface area contributed by atoms with Crippen LogP contribution in [0.5, 0.6) is 0 Å². The predicted octanol–water partition coefficient (Wildman–Crippen LogP) is 3.78. The molecule has 5 nitrogen and oxygen atoms in total. The number of hydrogen-bond acceptors (Lipinski definition) is 3. The van der Waals surface area contributed by atoms with Crippen LogP contribution >= 0.6 is 0 Å². The van der Waals surface area contributed by atoms with Crippen LogP contribution < -0.4 is 9.62 Å². The van der Waals surface area contributed by atoms with Crippen LogP contribution in [0.3, 0.4) is 0 Å². The number of amides is 1. The van der Waals surface area contributed by atoms with Crippen molar-refractivity contribution in [3.8, 4) is 0 Å². The lowest BCUT2D eigenvalue weighted by atomic mass is 9.95. The molecular formula is C21H25FN2O3S. The highest BCUT2D eigenvalue weighted by Crippen LogP contribution is 2.24. The highest BCUT2D eigenvalue weighted by Gasteiger charge is 2.28. The predicted molar refractivity (Wildman–Crippen MR) is 107 cm³/mol. The normalized spacial score (nSPS) is 15.2. The maximum Gasteiger partial charge on any atom is 0.264 e. The second-order valence-electron chi connectivity index (χ2n) is 7.20. The van der Waals surface area contributed by atoms with Crippen LogP contribution in [0.1, 0.15) is 37.7 Å². The third-order valence-electron chi connectivity index (χ3n) is 4.98. The topological polar surface area (TPSA) is 66.5 Å². The van der Waals surface area contributed by atoms with Gasteiger partial charge in [-0.1, -0.05) is 37.0 Å². The summed E-state index contributed by atoms with van der Waals surface area (Å²) in [6.07, 6.45) is 5.14. The van der Waals surface area contributed by atoms with Gasteiger partial charge in [-0.05, 0) is 56.2 Å². The molecule has 1 saturated carbocycles. The number of hydrogen-bond donors (Lipinski definition) is 1. The number of carbonyl (C=O) groups excluding carboxylic acids is 1. The molecule has 1 fully saturated rings. The van der Waals surface area contributed by atoms with E-state index >= 15 is 0 Å². The van der Waals surface area contributed by atoms with Gasteiger partial charge in [0.2, 0.25) is 5.91 Å². The van der Waals surface area contributed by atoms with Crippen LogP contribution in [0.4, 0.5) is 10.1 Å². The van der Waals surface area contributed by atoms with Crippen molar-refractivity contribution in [2.75, 3.05) is 10.8 Å². The molecule has 0 heterocycles. The zero-order valence-corrected chi connectivity index (χ0v) is 16.7. The molecule has 0 atom stereocenters. The fourth-order valence-electron chi connectivity index (χ4n) is 3.41. The van der Waals surface area contributed by atoms with Crippen molar-refractivity contribution in [1.29, 1.82) is 0 Å². The Morgan fingerprint density at radius 2 is 1.64 bits per heavy atom. The van der Waals surface area contributed by atoms with Gasteiger partial charge in [-0.3, -0.25) is 9.10 Å². The standard InChI is InChI=1S/C21H25FN2O3S/c1-16-7-11-19(12-8-16)24(15-21(25)23-18-5-3-2-4-6-18)28(26,27)20-13-9-17(22)10-14-20/h7-14,18H,2-6,15H2,1H3,(H,23,25). The number of rotatable bonds is 6. The van der Waals surface area contributed by atoms with Crippen molar-refractivity contribution in [3.05, 3.63) is 59.9 Å². The number of anilines is 1. The van der Waals surface area contributed by atoms with Gasteiger partial charge in [0.1, 0.15) is 12.4 Å². The van der Waals surface area contributed by atoms with Gasteiger partial charge in [-0.2, -0.15) is 0 Å². The average molecular weight is 405 g/mol. The van der Waals surface area contributed by atoms with Crippen molar-refractivity contribution in [1.82, 2.24) is 5.32 Å². The molecule has 28 heavy (non-hydrogen) atoms. The number of aryl methyl sites for hydroxylation is 1. The first kappa shape index (κ1) is 20.3. The number of nitrogens with zero attached hydrogens (tertiary/aromatic N) is 1. The lowest BCUT2D eigenvalue weighted by Crippen LogP contribution is -2.44. The van der Waals surface area contributed by atoms with Gasteiger partial charge < -0.3 is 5.32 Å². The molecule has 0 radical (unpaired) electrons. The molecule has 0 saturated heterocycles. The first-order valence-electron chi connectivity index (χ1n) is 9.50. The Morgan fingerprint density at radius 3 is 2.25 bits per heavy atom. The summed E-state index contributed by atoms with van der Waals surface area (Å²) >= 11 is 0. The molecule has 0 unspecified atom stereocenters. The van der Waals surface area contributed by atoms with E-state index in [0.717, 1.165) is 47.7 Å². The minimum absolute atomic E-state index is 0.0556. The molecule has 150 valence electrons. The Morgan fingerprint density at radius 1 is 1.04 bits per heavy atom. The molecule has 0 bridgehead atoms. The van der Waals surface area contributed by atoms with Gasteiger partial charge in [-0.15, -0.1) is 0 Å². The van der Waals surface area contributed by atoms with Crippen molar-refractivity contribution in [2.45, 2.75) is 50.0 Å². The number of sulfonamides is 1. The number of nitrogens with one attached hydrogen (secondary N) is 1. The van der Waals surface area contributed by atoms with E-state index in [4.69, 9.17) is 0 Å². The third-order valence-corrected chi connectivity index (χ3v) is 6.77. The van der Waals surface area contributed by atoms with Gasteiger partial charge in [0.25, 0.3) is 10.0 Å². The molecule has 7 heteroatoms. The molecule has 0 aliphatic heterocycles. The van der Waals surface area contributed by atoms with E-state index in [2.05, 4.69) is 5.32 Å². The SMILES string of the molecule is Cc1ccc(N(CC(=O)NC2CCCCC2)S(=O)(=O)c2ccc(F)cc2)cc1. The zero-order chi connectivity index (χ0) is 20.1. The summed E-state index contributed by atoms with van der Waals surface area (Å²) in [6.45, 7) is 1.58. The van der Waals surface area contributed by atoms with Crippen LogP contribution in [-0.2, 0) is 14.8 Å². The first-order chi connectivity index (χ1) is 13.4. The number of carbonyl (C=O) groups is 1. The number of benzene rings is 2. The van der Waals surface area contributed by atoms with E-state index in [1.54, 1.807) is 24.3 Å². The van der Waals surface area contributed by atoms with Crippen LogP contribution in [-0.4, -0.2) is 26.9 Å². The molecule has 1 aliphatic carbocycles. The monoisotopic (exact) mass is 404 g/mol. The number of halogens is 1. The maximum atomic E-state index is 13.2. The molecular weight excluding hydrogens is 379 g/mol. The van der Waals surface area contributed by atoms with Gasteiger partial charge in [0.15, 0.2) is 0 Å². The summed E-state index contributed by atoms with van der Waals surface area (Å²) in [5, 5.41) is 2.96. The fraction of sp³-hybridized carbons (Fsp3) is 0.381. The van der Waals surface area contributed by atoms with E-state index in [1.165, 1.54) is 18.6 Å². The molecule has 3 rings (SSSR count). The maximum absolute atomic E-state index is 13.2. The minimum atomic E-state index is -4.01.